The number of nitriles is 1. The Hall–Kier alpha value is -2.95. The van der Waals surface area contributed by atoms with Crippen LogP contribution in [0.2, 0.25) is 0 Å². The van der Waals surface area contributed by atoms with E-state index in [1.807, 2.05) is 36.4 Å². The lowest BCUT2D eigenvalue weighted by Gasteiger charge is -2.11. The van der Waals surface area contributed by atoms with E-state index in [9.17, 15) is 14.4 Å². The van der Waals surface area contributed by atoms with E-state index in [2.05, 4.69) is 37.2 Å². The van der Waals surface area contributed by atoms with Gasteiger partial charge in [0.2, 0.25) is 0 Å². The minimum Gasteiger partial charge on any atom is -0.488 e. The van der Waals surface area contributed by atoms with Crippen molar-refractivity contribution in [1.29, 1.82) is 5.26 Å². The van der Waals surface area contributed by atoms with Crippen LogP contribution in [0.4, 0.5) is 10.1 Å². The second kappa shape index (κ2) is 10.2. The number of benzene rings is 3. The quantitative estimate of drug-likeness (QED) is 0.294. The number of rotatable bonds is 6. The Morgan fingerprint density at radius 1 is 1.07 bits per heavy atom. The lowest BCUT2D eigenvalue weighted by molar-refractivity contribution is -0.112. The van der Waals surface area contributed by atoms with Crippen LogP contribution in [-0.4, -0.2) is 5.91 Å². The van der Waals surface area contributed by atoms with Gasteiger partial charge in [-0.15, -0.1) is 0 Å². The number of hydrogen-bond acceptors (Lipinski definition) is 3. The lowest BCUT2D eigenvalue weighted by atomic mass is 10.1. The molecule has 3 aromatic rings. The normalized spacial score (nSPS) is 10.9. The van der Waals surface area contributed by atoms with Crippen molar-refractivity contribution in [2.75, 3.05) is 5.32 Å². The summed E-state index contributed by atoms with van der Waals surface area (Å²) in [7, 11) is 0. The van der Waals surface area contributed by atoms with Crippen LogP contribution in [0.5, 0.6) is 5.75 Å². The predicted octanol–water partition coefficient (Wildman–Crippen LogP) is 6.48. The largest absolute Gasteiger partial charge is 0.488 e. The average molecular weight is 530 g/mol. The molecule has 0 spiro atoms. The van der Waals surface area contributed by atoms with Crippen molar-refractivity contribution in [3.63, 3.8) is 0 Å². The molecular weight excluding hydrogens is 515 g/mol. The second-order valence-electron chi connectivity index (χ2n) is 6.20. The van der Waals surface area contributed by atoms with E-state index in [1.165, 1.54) is 18.2 Å². The van der Waals surface area contributed by atoms with Gasteiger partial charge in [0.15, 0.2) is 0 Å². The van der Waals surface area contributed by atoms with Gasteiger partial charge in [-0.05, 0) is 48.0 Å². The Kier molecular flexibility index (Phi) is 7.39. The van der Waals surface area contributed by atoms with Crippen LogP contribution in [0.25, 0.3) is 6.08 Å². The summed E-state index contributed by atoms with van der Waals surface area (Å²) < 4.78 is 21.2. The number of amides is 1. The third-order valence-corrected chi connectivity index (χ3v) is 5.04. The SMILES string of the molecule is N#C/C(=C\c1cc(Br)ccc1OCc1ccccc1)C(=O)Nc1ccc(Br)cc1F. The molecule has 3 rings (SSSR count). The fourth-order valence-corrected chi connectivity index (χ4v) is 3.30. The van der Waals surface area contributed by atoms with Crippen LogP contribution in [0.3, 0.4) is 0 Å². The summed E-state index contributed by atoms with van der Waals surface area (Å²) in [4.78, 5) is 12.5. The molecule has 150 valence electrons. The molecule has 0 unspecified atom stereocenters. The smallest absolute Gasteiger partial charge is 0.266 e. The van der Waals surface area contributed by atoms with Crippen LogP contribution in [-0.2, 0) is 11.4 Å². The van der Waals surface area contributed by atoms with E-state index in [-0.39, 0.29) is 11.3 Å². The molecule has 0 bridgehead atoms. The molecule has 0 aliphatic heterocycles. The topological polar surface area (TPSA) is 62.1 Å². The summed E-state index contributed by atoms with van der Waals surface area (Å²) in [6.45, 7) is 0.335. The molecule has 0 aliphatic rings. The van der Waals surface area contributed by atoms with Gasteiger partial charge in [0, 0.05) is 14.5 Å². The van der Waals surface area contributed by atoms with E-state index in [1.54, 1.807) is 24.3 Å². The second-order valence-corrected chi connectivity index (χ2v) is 8.04. The molecule has 0 heterocycles. The number of anilines is 1. The number of carbonyl (C=O) groups excluding carboxylic acids is 1. The van der Waals surface area contributed by atoms with E-state index in [4.69, 9.17) is 4.74 Å². The molecule has 0 fully saturated rings. The highest BCUT2D eigenvalue weighted by Gasteiger charge is 2.14. The molecule has 0 radical (unpaired) electrons. The van der Waals surface area contributed by atoms with Crippen molar-refractivity contribution in [2.45, 2.75) is 6.61 Å². The number of nitrogens with one attached hydrogen (secondary N) is 1. The summed E-state index contributed by atoms with van der Waals surface area (Å²) in [5.74, 6) is -0.811. The van der Waals surface area contributed by atoms with E-state index >= 15 is 0 Å². The van der Waals surface area contributed by atoms with Gasteiger partial charge in [0.1, 0.15) is 29.8 Å². The zero-order chi connectivity index (χ0) is 21.5. The number of hydrogen-bond donors (Lipinski definition) is 1. The van der Waals surface area contributed by atoms with Crippen LogP contribution in [0.15, 0.2) is 81.2 Å². The minimum atomic E-state index is -0.715. The molecule has 1 amide bonds. The average Bonchev–Trinajstić information content (AvgIpc) is 2.74. The first-order chi connectivity index (χ1) is 14.5. The third kappa shape index (κ3) is 5.78. The summed E-state index contributed by atoms with van der Waals surface area (Å²) >= 11 is 6.55. The van der Waals surface area contributed by atoms with Crippen LogP contribution in [0.1, 0.15) is 11.1 Å². The van der Waals surface area contributed by atoms with Crippen LogP contribution < -0.4 is 10.1 Å². The van der Waals surface area contributed by atoms with Gasteiger partial charge < -0.3 is 10.1 Å². The molecule has 3 aromatic carbocycles. The van der Waals surface area contributed by atoms with Crippen molar-refractivity contribution < 1.29 is 13.9 Å². The van der Waals surface area contributed by atoms with Crippen molar-refractivity contribution in [1.82, 2.24) is 0 Å². The van der Waals surface area contributed by atoms with Gasteiger partial charge >= 0.3 is 0 Å². The lowest BCUT2D eigenvalue weighted by Crippen LogP contribution is -2.14. The van der Waals surface area contributed by atoms with Gasteiger partial charge in [-0.2, -0.15) is 5.26 Å². The summed E-state index contributed by atoms with van der Waals surface area (Å²) in [5, 5.41) is 11.9. The highest BCUT2D eigenvalue weighted by Crippen LogP contribution is 2.27. The standard InChI is InChI=1S/C23H15Br2FN2O2/c24-18-7-9-22(30-14-15-4-2-1-3-5-15)16(11-18)10-17(13-27)23(29)28-21-8-6-19(25)12-20(21)26/h1-12H,14H2,(H,28,29)/b17-10+. The molecule has 30 heavy (non-hydrogen) atoms. The molecule has 0 atom stereocenters. The summed E-state index contributed by atoms with van der Waals surface area (Å²) in [6, 6.07) is 21.0. The molecule has 1 N–H and O–H groups in total. The molecule has 0 aliphatic carbocycles. The Balaban J connectivity index is 1.84. The fraction of sp³-hybridized carbons (Fsp3) is 0.0435. The maximum atomic E-state index is 14.0. The Morgan fingerprint density at radius 2 is 1.77 bits per heavy atom. The maximum Gasteiger partial charge on any atom is 0.266 e. The zero-order valence-corrected chi connectivity index (χ0v) is 18.7. The predicted molar refractivity (Wildman–Crippen MR) is 121 cm³/mol. The maximum absolute atomic E-state index is 14.0. The van der Waals surface area contributed by atoms with Gasteiger partial charge in [-0.3, -0.25) is 4.79 Å². The molecule has 0 saturated heterocycles. The molecule has 7 heteroatoms. The highest BCUT2D eigenvalue weighted by atomic mass is 79.9. The first kappa shape index (κ1) is 21.8. The number of halogens is 3. The van der Waals surface area contributed by atoms with Gasteiger partial charge in [-0.25, -0.2) is 4.39 Å². The van der Waals surface area contributed by atoms with Crippen molar-refractivity contribution in [3.05, 3.63) is 98.2 Å². The summed E-state index contributed by atoms with van der Waals surface area (Å²) in [5.41, 5.74) is 1.33. The first-order valence-corrected chi connectivity index (χ1v) is 10.4. The van der Waals surface area contributed by atoms with Crippen molar-refractivity contribution in [2.24, 2.45) is 0 Å². The molecule has 0 aromatic heterocycles. The van der Waals surface area contributed by atoms with Crippen LogP contribution in [0, 0.1) is 17.1 Å². The van der Waals surface area contributed by atoms with Gasteiger partial charge in [0.05, 0.1) is 5.69 Å². The van der Waals surface area contributed by atoms with Crippen molar-refractivity contribution in [3.8, 4) is 11.8 Å². The first-order valence-electron chi connectivity index (χ1n) is 8.81. The van der Waals surface area contributed by atoms with E-state index in [0.717, 1.165) is 10.0 Å². The molecular formula is C23H15Br2FN2O2. The number of ether oxygens (including phenoxy) is 1. The monoisotopic (exact) mass is 528 g/mol. The Bertz CT molecular complexity index is 1140. The number of nitrogens with zero attached hydrogens (tertiary/aromatic N) is 1. The minimum absolute atomic E-state index is 0.0147. The van der Waals surface area contributed by atoms with Crippen molar-refractivity contribution >= 4 is 49.5 Å². The molecule has 4 nitrogen and oxygen atoms in total. The highest BCUT2D eigenvalue weighted by molar-refractivity contribution is 9.10. The van der Waals surface area contributed by atoms with E-state index in [0.29, 0.717) is 22.4 Å². The fourth-order valence-electron chi connectivity index (χ4n) is 2.58. The zero-order valence-electron chi connectivity index (χ0n) is 15.5. The third-order valence-electron chi connectivity index (χ3n) is 4.05. The molecule has 0 saturated carbocycles. The van der Waals surface area contributed by atoms with Gasteiger partial charge in [0.25, 0.3) is 5.91 Å². The summed E-state index contributed by atoms with van der Waals surface area (Å²) in [6.07, 6.45) is 1.41. The van der Waals surface area contributed by atoms with Crippen LogP contribution >= 0.6 is 31.9 Å². The van der Waals surface area contributed by atoms with E-state index < -0.39 is 11.7 Å². The Morgan fingerprint density at radius 3 is 2.47 bits per heavy atom. The number of carbonyl (C=O) groups is 1. The Labute approximate surface area is 190 Å². The van der Waals surface area contributed by atoms with Gasteiger partial charge in [-0.1, -0.05) is 62.2 Å².